The summed E-state index contributed by atoms with van der Waals surface area (Å²) in [6.45, 7) is 2.39. The zero-order valence-electron chi connectivity index (χ0n) is 10.9. The van der Waals surface area contributed by atoms with E-state index in [0.29, 0.717) is 24.0 Å². The Balaban J connectivity index is 1.79. The number of carbonyl (C=O) groups excluding carboxylic acids is 1. The minimum absolute atomic E-state index is 0.447. The second-order valence-electron chi connectivity index (χ2n) is 4.92. The molecule has 3 rings (SSSR count). The lowest BCUT2D eigenvalue weighted by Gasteiger charge is -2.12. The first-order valence-corrected chi connectivity index (χ1v) is 6.48. The normalized spacial score (nSPS) is 14.4. The highest BCUT2D eigenvalue weighted by molar-refractivity contribution is 5.80. The molecular formula is C15H16N2O2. The molecule has 1 heterocycles. The molecule has 0 spiro atoms. The van der Waals surface area contributed by atoms with Crippen LogP contribution < -0.4 is 4.74 Å². The average molecular weight is 256 g/mol. The van der Waals surface area contributed by atoms with Crippen LogP contribution in [0.3, 0.4) is 0 Å². The average Bonchev–Trinajstić information content (AvgIpc) is 3.16. The van der Waals surface area contributed by atoms with Crippen molar-refractivity contribution in [3.05, 3.63) is 47.5 Å². The molecule has 1 aliphatic carbocycles. The van der Waals surface area contributed by atoms with Gasteiger partial charge in [-0.2, -0.15) is 0 Å². The third-order valence-electron chi connectivity index (χ3n) is 3.42. The van der Waals surface area contributed by atoms with Gasteiger partial charge in [0.1, 0.15) is 12.4 Å². The van der Waals surface area contributed by atoms with Gasteiger partial charge in [-0.15, -0.1) is 0 Å². The van der Waals surface area contributed by atoms with Gasteiger partial charge >= 0.3 is 0 Å². The first-order chi connectivity index (χ1) is 9.29. The maximum atomic E-state index is 11.0. The molecule has 1 saturated carbocycles. The summed E-state index contributed by atoms with van der Waals surface area (Å²) in [5.41, 5.74) is 2.63. The minimum Gasteiger partial charge on any atom is -0.486 e. The van der Waals surface area contributed by atoms with Crippen LogP contribution in [0.4, 0.5) is 0 Å². The van der Waals surface area contributed by atoms with E-state index in [2.05, 4.69) is 9.55 Å². The Morgan fingerprint density at radius 2 is 2.32 bits per heavy atom. The highest BCUT2D eigenvalue weighted by atomic mass is 16.5. The van der Waals surface area contributed by atoms with Gasteiger partial charge in [-0.25, -0.2) is 4.98 Å². The summed E-state index contributed by atoms with van der Waals surface area (Å²) in [6.07, 6.45) is 6.95. The van der Waals surface area contributed by atoms with Crippen molar-refractivity contribution in [1.82, 2.24) is 9.55 Å². The lowest BCUT2D eigenvalue weighted by molar-refractivity contribution is 0.111. The molecule has 98 valence electrons. The summed E-state index contributed by atoms with van der Waals surface area (Å²) in [5, 5.41) is 0. The molecule has 2 aromatic rings. The quantitative estimate of drug-likeness (QED) is 0.772. The summed E-state index contributed by atoms with van der Waals surface area (Å²) in [6, 6.07) is 6.16. The number of imidazole rings is 1. The van der Waals surface area contributed by atoms with E-state index >= 15 is 0 Å². The van der Waals surface area contributed by atoms with Crippen molar-refractivity contribution in [3.63, 3.8) is 0 Å². The molecule has 0 atom stereocenters. The van der Waals surface area contributed by atoms with Crippen LogP contribution >= 0.6 is 0 Å². The molecule has 1 aromatic heterocycles. The van der Waals surface area contributed by atoms with Gasteiger partial charge in [0, 0.05) is 6.04 Å². The standard InChI is InChI=1S/C15H16N2O2/c1-11-3-2-4-12(8-18)15(11)19-9-14-7-16-10-17(14)13-5-6-13/h2-4,7-8,10,13H,5-6,9H2,1H3. The minimum atomic E-state index is 0.447. The Morgan fingerprint density at radius 1 is 1.47 bits per heavy atom. The number of aldehydes is 1. The highest BCUT2D eigenvalue weighted by Crippen LogP contribution is 2.36. The first-order valence-electron chi connectivity index (χ1n) is 6.48. The number of benzene rings is 1. The molecule has 0 amide bonds. The lowest BCUT2D eigenvalue weighted by Crippen LogP contribution is -2.05. The SMILES string of the molecule is Cc1cccc(C=O)c1OCc1cncn1C1CC1. The van der Waals surface area contributed by atoms with Crippen LogP contribution in [-0.2, 0) is 6.61 Å². The molecule has 1 fully saturated rings. The van der Waals surface area contributed by atoms with Gasteiger partial charge in [-0.3, -0.25) is 4.79 Å². The molecule has 0 aliphatic heterocycles. The maximum absolute atomic E-state index is 11.0. The molecule has 0 N–H and O–H groups in total. The molecule has 4 nitrogen and oxygen atoms in total. The van der Waals surface area contributed by atoms with Crippen molar-refractivity contribution in [2.24, 2.45) is 0 Å². The van der Waals surface area contributed by atoms with Crippen molar-refractivity contribution < 1.29 is 9.53 Å². The monoisotopic (exact) mass is 256 g/mol. The molecule has 4 heteroatoms. The Morgan fingerprint density at radius 3 is 3.05 bits per heavy atom. The number of aryl methyl sites for hydroxylation is 1. The summed E-state index contributed by atoms with van der Waals surface area (Å²) in [4.78, 5) is 15.2. The fourth-order valence-corrected chi connectivity index (χ4v) is 2.24. The van der Waals surface area contributed by atoms with Crippen LogP contribution in [0, 0.1) is 6.92 Å². The third kappa shape index (κ3) is 2.38. The number of para-hydroxylation sites is 1. The van der Waals surface area contributed by atoms with Crippen molar-refractivity contribution in [3.8, 4) is 5.75 Å². The van der Waals surface area contributed by atoms with Crippen molar-refractivity contribution in [2.75, 3.05) is 0 Å². The largest absolute Gasteiger partial charge is 0.486 e. The van der Waals surface area contributed by atoms with Crippen LogP contribution in [0.25, 0.3) is 0 Å². The zero-order valence-corrected chi connectivity index (χ0v) is 10.9. The second-order valence-corrected chi connectivity index (χ2v) is 4.92. The molecule has 0 bridgehead atoms. The Hall–Kier alpha value is -2.10. The van der Waals surface area contributed by atoms with Gasteiger partial charge in [-0.05, 0) is 31.4 Å². The molecule has 0 saturated heterocycles. The molecule has 19 heavy (non-hydrogen) atoms. The fraction of sp³-hybridized carbons (Fsp3) is 0.333. The second kappa shape index (κ2) is 4.88. The Bertz CT molecular complexity index is 600. The van der Waals surface area contributed by atoms with Crippen molar-refractivity contribution >= 4 is 6.29 Å². The van der Waals surface area contributed by atoms with Gasteiger partial charge in [0.15, 0.2) is 6.29 Å². The van der Waals surface area contributed by atoms with E-state index in [1.165, 1.54) is 12.8 Å². The van der Waals surface area contributed by atoms with E-state index in [-0.39, 0.29) is 0 Å². The predicted octanol–water partition coefficient (Wildman–Crippen LogP) is 2.92. The van der Waals surface area contributed by atoms with Gasteiger partial charge in [-0.1, -0.05) is 12.1 Å². The van der Waals surface area contributed by atoms with Crippen LogP contribution in [0.2, 0.25) is 0 Å². The highest BCUT2D eigenvalue weighted by Gasteiger charge is 2.25. The van der Waals surface area contributed by atoms with Gasteiger partial charge in [0.2, 0.25) is 0 Å². The van der Waals surface area contributed by atoms with Gasteiger partial charge < -0.3 is 9.30 Å². The Kier molecular flexibility index (Phi) is 3.07. The number of carbonyl (C=O) groups is 1. The van der Waals surface area contributed by atoms with Crippen molar-refractivity contribution in [1.29, 1.82) is 0 Å². The van der Waals surface area contributed by atoms with E-state index in [4.69, 9.17) is 4.74 Å². The maximum Gasteiger partial charge on any atom is 0.153 e. The van der Waals surface area contributed by atoms with E-state index < -0.39 is 0 Å². The number of ether oxygens (including phenoxy) is 1. The molecular weight excluding hydrogens is 240 g/mol. The smallest absolute Gasteiger partial charge is 0.153 e. The van der Waals surface area contributed by atoms with Crippen LogP contribution in [0.5, 0.6) is 5.75 Å². The Labute approximate surface area is 112 Å². The molecule has 1 aromatic carbocycles. The molecule has 0 unspecified atom stereocenters. The number of nitrogens with zero attached hydrogens (tertiary/aromatic N) is 2. The van der Waals surface area contributed by atoms with Crippen LogP contribution in [-0.4, -0.2) is 15.8 Å². The summed E-state index contributed by atoms with van der Waals surface area (Å²) >= 11 is 0. The third-order valence-corrected chi connectivity index (χ3v) is 3.42. The first kappa shape index (κ1) is 12.0. The number of rotatable bonds is 5. The van der Waals surface area contributed by atoms with Crippen LogP contribution in [0.15, 0.2) is 30.7 Å². The molecule has 0 radical (unpaired) electrons. The number of hydrogen-bond donors (Lipinski definition) is 0. The summed E-state index contributed by atoms with van der Waals surface area (Å²) < 4.78 is 8.00. The van der Waals surface area contributed by atoms with E-state index in [0.717, 1.165) is 17.5 Å². The number of aromatic nitrogens is 2. The van der Waals surface area contributed by atoms with Gasteiger partial charge in [0.25, 0.3) is 0 Å². The zero-order chi connectivity index (χ0) is 13.2. The summed E-state index contributed by atoms with van der Waals surface area (Å²) in [7, 11) is 0. The lowest BCUT2D eigenvalue weighted by atomic mass is 10.1. The fourth-order valence-electron chi connectivity index (χ4n) is 2.24. The number of hydrogen-bond acceptors (Lipinski definition) is 3. The van der Waals surface area contributed by atoms with Crippen LogP contribution in [0.1, 0.15) is 40.5 Å². The summed E-state index contributed by atoms with van der Waals surface area (Å²) in [5.74, 6) is 0.668. The topological polar surface area (TPSA) is 44.1 Å². The van der Waals surface area contributed by atoms with E-state index in [1.807, 2.05) is 31.6 Å². The molecule has 1 aliphatic rings. The van der Waals surface area contributed by atoms with E-state index in [1.54, 1.807) is 6.07 Å². The van der Waals surface area contributed by atoms with Gasteiger partial charge in [0.05, 0.1) is 23.8 Å². The van der Waals surface area contributed by atoms with E-state index in [9.17, 15) is 4.79 Å². The van der Waals surface area contributed by atoms with Crippen molar-refractivity contribution in [2.45, 2.75) is 32.4 Å². The predicted molar refractivity (Wildman–Crippen MR) is 71.4 cm³/mol.